The third-order valence-electron chi connectivity index (χ3n) is 2.90. The van der Waals surface area contributed by atoms with E-state index in [2.05, 4.69) is 27.3 Å². The normalized spacial score (nSPS) is 10.6. The number of aryl methyl sites for hydroxylation is 1. The molecule has 0 amide bonds. The molecule has 0 saturated carbocycles. The van der Waals surface area contributed by atoms with E-state index in [1.807, 2.05) is 24.7 Å². The minimum absolute atomic E-state index is 0.605. The highest BCUT2D eigenvalue weighted by Gasteiger charge is 2.13. The van der Waals surface area contributed by atoms with Crippen molar-refractivity contribution >= 4 is 5.82 Å². The van der Waals surface area contributed by atoms with Crippen molar-refractivity contribution in [2.24, 2.45) is 0 Å². The van der Waals surface area contributed by atoms with Crippen LogP contribution in [0.5, 0.6) is 11.6 Å². The Labute approximate surface area is 119 Å². The quantitative estimate of drug-likeness (QED) is 0.841. The zero-order chi connectivity index (χ0) is 14.4. The Morgan fingerprint density at radius 1 is 1.25 bits per heavy atom. The van der Waals surface area contributed by atoms with Gasteiger partial charge in [-0.25, -0.2) is 9.97 Å². The average Bonchev–Trinajstić information content (AvgIpc) is 2.90. The predicted molar refractivity (Wildman–Crippen MR) is 78.2 cm³/mol. The number of anilines is 1. The van der Waals surface area contributed by atoms with Crippen LogP contribution in [0.2, 0.25) is 0 Å². The zero-order valence-electron chi connectivity index (χ0n) is 12.3. The summed E-state index contributed by atoms with van der Waals surface area (Å²) >= 11 is 0. The molecule has 108 valence electrons. The Bertz CT molecular complexity index is 552. The maximum atomic E-state index is 5.86. The van der Waals surface area contributed by atoms with Crippen LogP contribution in [0.25, 0.3) is 0 Å². The van der Waals surface area contributed by atoms with Gasteiger partial charge in [0.1, 0.15) is 12.1 Å². The molecule has 1 N–H and O–H groups in total. The molecule has 6 heteroatoms. The lowest BCUT2D eigenvalue weighted by atomic mass is 10.1. The van der Waals surface area contributed by atoms with E-state index in [-0.39, 0.29) is 0 Å². The molecule has 0 atom stereocenters. The minimum Gasteiger partial charge on any atom is -0.435 e. The summed E-state index contributed by atoms with van der Waals surface area (Å²) in [7, 11) is 0. The number of aromatic nitrogens is 4. The number of hydrogen-bond acceptors (Lipinski definition) is 5. The fourth-order valence-corrected chi connectivity index (χ4v) is 1.96. The van der Waals surface area contributed by atoms with Gasteiger partial charge in [-0.2, -0.15) is 5.10 Å². The van der Waals surface area contributed by atoms with Gasteiger partial charge in [-0.3, -0.25) is 4.68 Å². The minimum atomic E-state index is 0.605. The summed E-state index contributed by atoms with van der Waals surface area (Å²) in [6, 6.07) is 0. The van der Waals surface area contributed by atoms with Crippen LogP contribution >= 0.6 is 0 Å². The second-order valence-corrected chi connectivity index (χ2v) is 4.42. The van der Waals surface area contributed by atoms with E-state index in [9.17, 15) is 0 Å². The molecule has 0 aliphatic heterocycles. The molecule has 2 heterocycles. The second kappa shape index (κ2) is 6.88. The van der Waals surface area contributed by atoms with Crippen LogP contribution in [-0.4, -0.2) is 26.3 Å². The fourth-order valence-electron chi connectivity index (χ4n) is 1.96. The lowest BCUT2D eigenvalue weighted by Crippen LogP contribution is -2.06. The smallest absolute Gasteiger partial charge is 0.227 e. The SMILES string of the molecule is CCCc1c(NCC)ncnc1Oc1cnn(CC)c1. The van der Waals surface area contributed by atoms with Crippen molar-refractivity contribution in [1.29, 1.82) is 0 Å². The average molecular weight is 275 g/mol. The molecule has 0 radical (unpaired) electrons. The van der Waals surface area contributed by atoms with Gasteiger partial charge in [-0.05, 0) is 20.3 Å². The molecule has 2 aromatic rings. The Kier molecular flexibility index (Phi) is 4.92. The molecule has 6 nitrogen and oxygen atoms in total. The maximum absolute atomic E-state index is 5.86. The summed E-state index contributed by atoms with van der Waals surface area (Å²) in [5.74, 6) is 2.15. The van der Waals surface area contributed by atoms with E-state index in [0.29, 0.717) is 11.6 Å². The van der Waals surface area contributed by atoms with E-state index in [1.165, 1.54) is 6.33 Å². The molecule has 2 rings (SSSR count). The first kappa shape index (κ1) is 14.3. The van der Waals surface area contributed by atoms with Gasteiger partial charge in [0, 0.05) is 13.1 Å². The van der Waals surface area contributed by atoms with Gasteiger partial charge in [-0.1, -0.05) is 13.3 Å². The van der Waals surface area contributed by atoms with Crippen LogP contribution in [0, 0.1) is 0 Å². The van der Waals surface area contributed by atoms with Crippen LogP contribution in [-0.2, 0) is 13.0 Å². The molecular formula is C14H21N5O. The molecule has 20 heavy (non-hydrogen) atoms. The molecule has 0 aliphatic rings. The van der Waals surface area contributed by atoms with Gasteiger partial charge in [0.05, 0.1) is 18.0 Å². The van der Waals surface area contributed by atoms with Gasteiger partial charge in [-0.15, -0.1) is 0 Å². The summed E-state index contributed by atoms with van der Waals surface area (Å²) < 4.78 is 7.68. The van der Waals surface area contributed by atoms with Crippen molar-refractivity contribution in [2.45, 2.75) is 40.2 Å². The molecule has 0 bridgehead atoms. The van der Waals surface area contributed by atoms with Gasteiger partial charge >= 0.3 is 0 Å². The van der Waals surface area contributed by atoms with E-state index in [0.717, 1.165) is 37.3 Å². The number of hydrogen-bond donors (Lipinski definition) is 1. The third-order valence-corrected chi connectivity index (χ3v) is 2.90. The molecule has 0 fully saturated rings. The lowest BCUT2D eigenvalue weighted by molar-refractivity contribution is 0.453. The van der Waals surface area contributed by atoms with E-state index in [1.54, 1.807) is 6.20 Å². The van der Waals surface area contributed by atoms with Gasteiger partial charge in [0.25, 0.3) is 0 Å². The fraction of sp³-hybridized carbons (Fsp3) is 0.500. The van der Waals surface area contributed by atoms with E-state index >= 15 is 0 Å². The topological polar surface area (TPSA) is 64.9 Å². The monoisotopic (exact) mass is 275 g/mol. The number of nitrogens with one attached hydrogen (secondary N) is 1. The van der Waals surface area contributed by atoms with Crippen molar-refractivity contribution in [1.82, 2.24) is 19.7 Å². The van der Waals surface area contributed by atoms with Crippen molar-refractivity contribution in [3.8, 4) is 11.6 Å². The number of rotatable bonds is 7. The van der Waals surface area contributed by atoms with Gasteiger partial charge in [0.15, 0.2) is 5.75 Å². The van der Waals surface area contributed by atoms with Crippen LogP contribution < -0.4 is 10.1 Å². The molecule has 2 aromatic heterocycles. The second-order valence-electron chi connectivity index (χ2n) is 4.42. The van der Waals surface area contributed by atoms with Crippen molar-refractivity contribution in [3.05, 3.63) is 24.3 Å². The Morgan fingerprint density at radius 2 is 2.10 bits per heavy atom. The molecule has 0 aromatic carbocycles. The van der Waals surface area contributed by atoms with Crippen LogP contribution in [0.4, 0.5) is 5.82 Å². The first-order chi connectivity index (χ1) is 9.78. The van der Waals surface area contributed by atoms with Crippen molar-refractivity contribution < 1.29 is 4.74 Å². The summed E-state index contributed by atoms with van der Waals surface area (Å²) in [5, 5.41) is 7.45. The van der Waals surface area contributed by atoms with Crippen molar-refractivity contribution in [2.75, 3.05) is 11.9 Å². The largest absolute Gasteiger partial charge is 0.435 e. The molecule has 0 spiro atoms. The highest BCUT2D eigenvalue weighted by Crippen LogP contribution is 2.27. The first-order valence-electron chi connectivity index (χ1n) is 7.06. The zero-order valence-corrected chi connectivity index (χ0v) is 12.3. The Balaban J connectivity index is 2.27. The molecule has 0 aliphatic carbocycles. The maximum Gasteiger partial charge on any atom is 0.227 e. The van der Waals surface area contributed by atoms with Crippen LogP contribution in [0.3, 0.4) is 0 Å². The summed E-state index contributed by atoms with van der Waals surface area (Å²) in [6.07, 6.45) is 6.98. The highest BCUT2D eigenvalue weighted by atomic mass is 16.5. The van der Waals surface area contributed by atoms with Gasteiger partial charge in [0.2, 0.25) is 5.88 Å². The Hall–Kier alpha value is -2.11. The lowest BCUT2D eigenvalue weighted by Gasteiger charge is -2.12. The molecule has 0 saturated heterocycles. The van der Waals surface area contributed by atoms with Gasteiger partial charge < -0.3 is 10.1 Å². The highest BCUT2D eigenvalue weighted by molar-refractivity contribution is 5.49. The number of nitrogens with zero attached hydrogens (tertiary/aromatic N) is 4. The predicted octanol–water partition coefficient (Wildman–Crippen LogP) is 2.87. The summed E-state index contributed by atoms with van der Waals surface area (Å²) in [6.45, 7) is 7.84. The summed E-state index contributed by atoms with van der Waals surface area (Å²) in [4.78, 5) is 8.55. The van der Waals surface area contributed by atoms with Crippen LogP contribution in [0.15, 0.2) is 18.7 Å². The molecule has 0 unspecified atom stereocenters. The number of ether oxygens (including phenoxy) is 1. The Morgan fingerprint density at radius 3 is 2.75 bits per heavy atom. The van der Waals surface area contributed by atoms with E-state index < -0.39 is 0 Å². The third kappa shape index (κ3) is 3.26. The van der Waals surface area contributed by atoms with E-state index in [4.69, 9.17) is 4.74 Å². The molecular weight excluding hydrogens is 254 g/mol. The van der Waals surface area contributed by atoms with Crippen LogP contribution in [0.1, 0.15) is 32.8 Å². The van der Waals surface area contributed by atoms with Crippen molar-refractivity contribution in [3.63, 3.8) is 0 Å². The summed E-state index contributed by atoms with van der Waals surface area (Å²) in [5.41, 5.74) is 1.01. The standard InChI is InChI=1S/C14H21N5O/c1-4-7-12-13(15-5-2)16-10-17-14(12)20-11-8-18-19(6-3)9-11/h8-10H,4-7H2,1-3H3,(H,15,16,17). The first-order valence-corrected chi connectivity index (χ1v) is 7.06.